The molecule has 21 heavy (non-hydrogen) atoms. The topological polar surface area (TPSA) is 77.8 Å². The van der Waals surface area contributed by atoms with Gasteiger partial charge in [0.25, 0.3) is 0 Å². The molecular formula is C16H13NO4. The Kier molecular flexibility index (Phi) is 3.10. The molecule has 5 nitrogen and oxygen atoms in total. The smallest absolute Gasteiger partial charge is 0.338 e. The van der Waals surface area contributed by atoms with Gasteiger partial charge in [-0.1, -0.05) is 24.3 Å². The van der Waals surface area contributed by atoms with Gasteiger partial charge in [0.1, 0.15) is 0 Å². The Morgan fingerprint density at radius 1 is 0.905 bits per heavy atom. The van der Waals surface area contributed by atoms with Crippen LogP contribution in [0.5, 0.6) is 0 Å². The standard InChI is InChI=1S/C16H13NO4/c18-15(19)11-5-3-7-13(14(11)16(20)21)17-9-8-10-4-1-2-6-12(10)17/h1-7H,8-9H2,(H,18,19)(H,20,21). The number of para-hydroxylation sites is 1. The minimum atomic E-state index is -1.23. The van der Waals surface area contributed by atoms with Crippen LogP contribution in [-0.2, 0) is 6.42 Å². The van der Waals surface area contributed by atoms with Crippen LogP contribution in [0, 0.1) is 0 Å². The Morgan fingerprint density at radius 2 is 1.62 bits per heavy atom. The van der Waals surface area contributed by atoms with E-state index in [-0.39, 0.29) is 11.1 Å². The van der Waals surface area contributed by atoms with Gasteiger partial charge in [-0.15, -0.1) is 0 Å². The molecule has 0 atom stereocenters. The van der Waals surface area contributed by atoms with E-state index in [0.717, 1.165) is 17.7 Å². The molecule has 106 valence electrons. The van der Waals surface area contributed by atoms with Crippen LogP contribution in [0.15, 0.2) is 42.5 Å². The maximum absolute atomic E-state index is 11.5. The summed E-state index contributed by atoms with van der Waals surface area (Å²) in [5.41, 5.74) is 2.13. The highest BCUT2D eigenvalue weighted by Crippen LogP contribution is 2.37. The number of nitrogens with zero attached hydrogens (tertiary/aromatic N) is 1. The van der Waals surface area contributed by atoms with Gasteiger partial charge in [0, 0.05) is 12.2 Å². The molecule has 0 bridgehead atoms. The van der Waals surface area contributed by atoms with Gasteiger partial charge < -0.3 is 15.1 Å². The second-order valence-corrected chi connectivity index (χ2v) is 4.84. The van der Waals surface area contributed by atoms with E-state index >= 15 is 0 Å². The first kappa shape index (κ1) is 13.2. The van der Waals surface area contributed by atoms with Gasteiger partial charge in [-0.2, -0.15) is 0 Å². The average molecular weight is 283 g/mol. The highest BCUT2D eigenvalue weighted by Gasteiger charge is 2.27. The summed E-state index contributed by atoms with van der Waals surface area (Å²) in [7, 11) is 0. The predicted molar refractivity (Wildman–Crippen MR) is 77.5 cm³/mol. The predicted octanol–water partition coefficient (Wildman–Crippen LogP) is 2.78. The number of hydrogen-bond acceptors (Lipinski definition) is 3. The molecule has 0 saturated carbocycles. The third kappa shape index (κ3) is 2.12. The van der Waals surface area contributed by atoms with Crippen LogP contribution in [0.4, 0.5) is 11.4 Å². The normalized spacial score (nSPS) is 13.0. The number of carboxylic acid groups (broad SMARTS) is 2. The lowest BCUT2D eigenvalue weighted by molar-refractivity contribution is 0.0652. The lowest BCUT2D eigenvalue weighted by Crippen LogP contribution is -2.19. The molecule has 0 saturated heterocycles. The van der Waals surface area contributed by atoms with Crippen molar-refractivity contribution in [1.29, 1.82) is 0 Å². The molecule has 2 aromatic carbocycles. The number of aromatic carboxylic acids is 2. The van der Waals surface area contributed by atoms with Gasteiger partial charge in [0.05, 0.1) is 16.8 Å². The maximum atomic E-state index is 11.5. The van der Waals surface area contributed by atoms with E-state index < -0.39 is 11.9 Å². The molecule has 3 rings (SSSR count). The van der Waals surface area contributed by atoms with E-state index in [4.69, 9.17) is 0 Å². The summed E-state index contributed by atoms with van der Waals surface area (Å²) in [4.78, 5) is 24.6. The highest BCUT2D eigenvalue weighted by atomic mass is 16.4. The van der Waals surface area contributed by atoms with Crippen molar-refractivity contribution in [2.45, 2.75) is 6.42 Å². The Labute approximate surface area is 121 Å². The number of benzene rings is 2. The summed E-state index contributed by atoms with van der Waals surface area (Å²) in [5.74, 6) is -2.46. The molecule has 0 amide bonds. The summed E-state index contributed by atoms with van der Waals surface area (Å²) in [5, 5.41) is 18.6. The molecule has 0 spiro atoms. The molecule has 0 radical (unpaired) electrons. The van der Waals surface area contributed by atoms with Crippen molar-refractivity contribution in [3.63, 3.8) is 0 Å². The number of hydrogen-bond donors (Lipinski definition) is 2. The fraction of sp³-hybridized carbons (Fsp3) is 0.125. The van der Waals surface area contributed by atoms with Gasteiger partial charge in [0.2, 0.25) is 0 Å². The van der Waals surface area contributed by atoms with Crippen molar-refractivity contribution in [1.82, 2.24) is 0 Å². The minimum Gasteiger partial charge on any atom is -0.478 e. The van der Waals surface area contributed by atoms with Crippen LogP contribution in [0.25, 0.3) is 0 Å². The van der Waals surface area contributed by atoms with E-state index in [0.29, 0.717) is 12.2 Å². The van der Waals surface area contributed by atoms with Crippen molar-refractivity contribution in [2.24, 2.45) is 0 Å². The number of fused-ring (bicyclic) bond motifs is 1. The van der Waals surface area contributed by atoms with Crippen molar-refractivity contribution in [2.75, 3.05) is 11.4 Å². The molecule has 1 aliphatic heterocycles. The van der Waals surface area contributed by atoms with E-state index in [1.54, 1.807) is 12.1 Å². The Hall–Kier alpha value is -2.82. The molecule has 0 aromatic heterocycles. The van der Waals surface area contributed by atoms with E-state index in [1.807, 2.05) is 29.2 Å². The highest BCUT2D eigenvalue weighted by molar-refractivity contribution is 6.06. The summed E-state index contributed by atoms with van der Waals surface area (Å²) < 4.78 is 0. The van der Waals surface area contributed by atoms with E-state index in [2.05, 4.69) is 0 Å². The van der Waals surface area contributed by atoms with Crippen LogP contribution in [-0.4, -0.2) is 28.7 Å². The van der Waals surface area contributed by atoms with Gasteiger partial charge >= 0.3 is 11.9 Å². The molecule has 5 heteroatoms. The van der Waals surface area contributed by atoms with Crippen molar-refractivity contribution >= 4 is 23.3 Å². The van der Waals surface area contributed by atoms with Gasteiger partial charge in [-0.05, 0) is 30.2 Å². The van der Waals surface area contributed by atoms with Gasteiger partial charge in [-0.25, -0.2) is 9.59 Å². The van der Waals surface area contributed by atoms with Crippen LogP contribution in [0.3, 0.4) is 0 Å². The summed E-state index contributed by atoms with van der Waals surface area (Å²) in [6.07, 6.45) is 0.812. The Morgan fingerprint density at radius 3 is 2.33 bits per heavy atom. The molecule has 2 N–H and O–H groups in total. The largest absolute Gasteiger partial charge is 0.478 e. The number of rotatable bonds is 3. The molecule has 0 fully saturated rings. The lowest BCUT2D eigenvalue weighted by atomic mass is 10.0. The first-order valence-corrected chi connectivity index (χ1v) is 6.54. The molecule has 0 unspecified atom stereocenters. The molecular weight excluding hydrogens is 270 g/mol. The third-order valence-corrected chi connectivity index (χ3v) is 3.66. The van der Waals surface area contributed by atoms with Crippen molar-refractivity contribution in [3.05, 3.63) is 59.2 Å². The number of carboxylic acids is 2. The summed E-state index contributed by atoms with van der Waals surface area (Å²) in [6, 6.07) is 12.3. The SMILES string of the molecule is O=C(O)c1cccc(N2CCc3ccccc32)c1C(=O)O. The molecule has 2 aromatic rings. The van der Waals surface area contributed by atoms with Crippen LogP contribution >= 0.6 is 0 Å². The first-order chi connectivity index (χ1) is 10.1. The number of carbonyl (C=O) groups is 2. The van der Waals surface area contributed by atoms with Crippen LogP contribution in [0.1, 0.15) is 26.3 Å². The zero-order valence-corrected chi connectivity index (χ0v) is 11.1. The van der Waals surface area contributed by atoms with E-state index in [1.165, 1.54) is 6.07 Å². The van der Waals surface area contributed by atoms with Crippen molar-refractivity contribution in [3.8, 4) is 0 Å². The zero-order valence-electron chi connectivity index (χ0n) is 11.1. The average Bonchev–Trinajstić information content (AvgIpc) is 2.90. The number of anilines is 2. The first-order valence-electron chi connectivity index (χ1n) is 6.54. The second-order valence-electron chi connectivity index (χ2n) is 4.84. The van der Waals surface area contributed by atoms with Crippen LogP contribution in [0.2, 0.25) is 0 Å². The van der Waals surface area contributed by atoms with Crippen molar-refractivity contribution < 1.29 is 19.8 Å². The Bertz CT molecular complexity index is 739. The monoisotopic (exact) mass is 283 g/mol. The van der Waals surface area contributed by atoms with Gasteiger partial charge in [0.15, 0.2) is 0 Å². The van der Waals surface area contributed by atoms with Gasteiger partial charge in [-0.3, -0.25) is 0 Å². The van der Waals surface area contributed by atoms with E-state index in [9.17, 15) is 19.8 Å². The quantitative estimate of drug-likeness (QED) is 0.905. The fourth-order valence-corrected chi connectivity index (χ4v) is 2.76. The lowest BCUT2D eigenvalue weighted by Gasteiger charge is -2.22. The second kappa shape index (κ2) is 4.94. The molecule has 0 aliphatic carbocycles. The Balaban J connectivity index is 2.18. The third-order valence-electron chi connectivity index (χ3n) is 3.66. The fourth-order valence-electron chi connectivity index (χ4n) is 2.76. The summed E-state index contributed by atoms with van der Waals surface area (Å²) in [6.45, 7) is 0.642. The zero-order chi connectivity index (χ0) is 15.0. The minimum absolute atomic E-state index is 0.165. The maximum Gasteiger partial charge on any atom is 0.338 e. The molecule has 1 aliphatic rings. The van der Waals surface area contributed by atoms with Crippen LogP contribution < -0.4 is 4.90 Å². The summed E-state index contributed by atoms with van der Waals surface area (Å²) >= 11 is 0. The molecule has 1 heterocycles.